The van der Waals surface area contributed by atoms with E-state index in [2.05, 4.69) is 5.10 Å². The maximum Gasteiger partial charge on any atom is 0.125 e. The Hall–Kier alpha value is -1.12. The number of aromatic nitrogens is 2. The largest absolute Gasteiger partial charge is 0.303 e. The van der Waals surface area contributed by atoms with Crippen LogP contribution in [0.3, 0.4) is 0 Å². The van der Waals surface area contributed by atoms with Crippen LogP contribution in [-0.2, 0) is 18.3 Å². The second-order valence-electron chi connectivity index (χ2n) is 3.32. The van der Waals surface area contributed by atoms with Gasteiger partial charge in [0.25, 0.3) is 0 Å². The number of carbonyl (C=O) groups excluding carboxylic acids is 1. The molecule has 3 nitrogen and oxygen atoms in total. The van der Waals surface area contributed by atoms with Crippen LogP contribution in [0.25, 0.3) is 0 Å². The van der Waals surface area contributed by atoms with Gasteiger partial charge in [-0.2, -0.15) is 5.10 Å². The van der Waals surface area contributed by atoms with Crippen LogP contribution in [0.1, 0.15) is 30.0 Å². The van der Waals surface area contributed by atoms with Crippen molar-refractivity contribution in [2.75, 3.05) is 0 Å². The molecule has 0 amide bonds. The minimum absolute atomic E-state index is 0.502. The normalized spacial score (nSPS) is 16.4. The van der Waals surface area contributed by atoms with Crippen LogP contribution in [0.15, 0.2) is 6.20 Å². The average Bonchev–Trinajstić information content (AvgIpc) is 2.82. The van der Waals surface area contributed by atoms with Crippen LogP contribution in [0, 0.1) is 0 Å². The Bertz CT molecular complexity index is 299. The van der Waals surface area contributed by atoms with Crippen LogP contribution < -0.4 is 0 Å². The smallest absolute Gasteiger partial charge is 0.125 e. The second kappa shape index (κ2) is 2.73. The first-order chi connectivity index (χ1) is 5.83. The summed E-state index contributed by atoms with van der Waals surface area (Å²) in [7, 11) is 1.89. The zero-order chi connectivity index (χ0) is 8.55. The molecule has 1 aliphatic rings. The van der Waals surface area contributed by atoms with Crippen molar-refractivity contribution in [3.63, 3.8) is 0 Å². The first-order valence-electron chi connectivity index (χ1n) is 4.27. The molecule has 1 saturated carbocycles. The fraction of sp³-hybridized carbons (Fsp3) is 0.556. The molecule has 1 aromatic heterocycles. The Morgan fingerprint density at radius 1 is 1.75 bits per heavy atom. The lowest BCUT2D eigenvalue weighted by molar-refractivity contribution is -0.107. The highest BCUT2D eigenvalue weighted by Crippen LogP contribution is 2.41. The van der Waals surface area contributed by atoms with Crippen LogP contribution in [0.2, 0.25) is 0 Å². The monoisotopic (exact) mass is 164 g/mol. The van der Waals surface area contributed by atoms with Crippen molar-refractivity contribution in [3.8, 4) is 0 Å². The number of nitrogens with zero attached hydrogens (tertiary/aromatic N) is 2. The summed E-state index contributed by atoms with van der Waals surface area (Å²) in [6.07, 6.45) is 5.87. The van der Waals surface area contributed by atoms with Gasteiger partial charge in [0.2, 0.25) is 0 Å². The first-order valence-corrected chi connectivity index (χ1v) is 4.27. The molecular weight excluding hydrogens is 152 g/mol. The summed E-state index contributed by atoms with van der Waals surface area (Å²) in [5.41, 5.74) is 2.37. The highest BCUT2D eigenvalue weighted by Gasteiger charge is 2.27. The van der Waals surface area contributed by atoms with Gasteiger partial charge < -0.3 is 4.79 Å². The number of aryl methyl sites for hydroxylation is 1. The molecule has 1 aliphatic carbocycles. The zero-order valence-electron chi connectivity index (χ0n) is 7.16. The fourth-order valence-electron chi connectivity index (χ4n) is 1.54. The molecule has 1 heterocycles. The molecule has 0 spiro atoms. The van der Waals surface area contributed by atoms with Crippen molar-refractivity contribution in [1.29, 1.82) is 0 Å². The Balaban J connectivity index is 2.32. The van der Waals surface area contributed by atoms with E-state index in [4.69, 9.17) is 0 Å². The summed E-state index contributed by atoms with van der Waals surface area (Å²) >= 11 is 0. The van der Waals surface area contributed by atoms with Gasteiger partial charge in [0.1, 0.15) is 6.29 Å². The molecule has 0 atom stereocenters. The lowest BCUT2D eigenvalue weighted by Crippen LogP contribution is -2.00. The van der Waals surface area contributed by atoms with E-state index in [-0.39, 0.29) is 0 Å². The van der Waals surface area contributed by atoms with Crippen molar-refractivity contribution in [2.24, 2.45) is 7.05 Å². The average molecular weight is 164 g/mol. The Labute approximate surface area is 71.4 Å². The van der Waals surface area contributed by atoms with Crippen LogP contribution in [0.5, 0.6) is 0 Å². The van der Waals surface area contributed by atoms with Gasteiger partial charge in [-0.3, -0.25) is 4.68 Å². The summed E-state index contributed by atoms with van der Waals surface area (Å²) in [5, 5.41) is 4.15. The van der Waals surface area contributed by atoms with E-state index in [0.29, 0.717) is 12.3 Å². The molecule has 0 aromatic carbocycles. The molecule has 0 radical (unpaired) electrons. The molecule has 0 bridgehead atoms. The highest BCUT2D eigenvalue weighted by molar-refractivity contribution is 5.55. The molecule has 0 saturated heterocycles. The van der Waals surface area contributed by atoms with E-state index < -0.39 is 0 Å². The number of carbonyl (C=O) groups is 1. The van der Waals surface area contributed by atoms with E-state index in [0.717, 1.165) is 12.0 Å². The van der Waals surface area contributed by atoms with E-state index >= 15 is 0 Å². The van der Waals surface area contributed by atoms with E-state index in [9.17, 15) is 4.79 Å². The Morgan fingerprint density at radius 3 is 3.08 bits per heavy atom. The molecule has 3 heteroatoms. The summed E-state index contributed by atoms with van der Waals surface area (Å²) in [6.45, 7) is 0. The highest BCUT2D eigenvalue weighted by atomic mass is 16.1. The van der Waals surface area contributed by atoms with Gasteiger partial charge in [-0.05, 0) is 24.3 Å². The van der Waals surface area contributed by atoms with Crippen molar-refractivity contribution in [1.82, 2.24) is 9.78 Å². The topological polar surface area (TPSA) is 34.9 Å². The third kappa shape index (κ3) is 1.15. The maximum absolute atomic E-state index is 10.4. The maximum atomic E-state index is 10.4. The molecule has 1 aromatic rings. The van der Waals surface area contributed by atoms with Crippen LogP contribution >= 0.6 is 0 Å². The lowest BCUT2D eigenvalue weighted by atomic mass is 10.1. The quantitative estimate of drug-likeness (QED) is 0.625. The summed E-state index contributed by atoms with van der Waals surface area (Å²) < 4.78 is 1.81. The molecule has 0 unspecified atom stereocenters. The minimum Gasteiger partial charge on any atom is -0.303 e. The molecule has 0 N–H and O–H groups in total. The third-order valence-corrected chi connectivity index (χ3v) is 2.39. The van der Waals surface area contributed by atoms with E-state index in [1.165, 1.54) is 18.4 Å². The molecule has 12 heavy (non-hydrogen) atoms. The number of hydrogen-bond donors (Lipinski definition) is 0. The van der Waals surface area contributed by atoms with E-state index in [1.54, 1.807) is 0 Å². The Kier molecular flexibility index (Phi) is 1.71. The first kappa shape index (κ1) is 7.53. The lowest BCUT2D eigenvalue weighted by Gasteiger charge is -1.99. The van der Waals surface area contributed by atoms with Gasteiger partial charge in [0, 0.05) is 19.2 Å². The molecule has 2 rings (SSSR count). The molecular formula is C9H12N2O. The summed E-state index contributed by atoms with van der Waals surface area (Å²) in [5.74, 6) is 0.689. The standard InChI is InChI=1S/C9H12N2O/c1-11-9(4-5-12)8(6-10-11)7-2-3-7/h5-7H,2-4H2,1H3. The molecule has 0 aliphatic heterocycles. The predicted molar refractivity (Wildman–Crippen MR) is 45.0 cm³/mol. The van der Waals surface area contributed by atoms with Gasteiger partial charge in [-0.25, -0.2) is 0 Å². The van der Waals surface area contributed by atoms with Crippen molar-refractivity contribution >= 4 is 6.29 Å². The minimum atomic E-state index is 0.502. The predicted octanol–water partition coefficient (Wildman–Crippen LogP) is 1.04. The molecule has 1 fully saturated rings. The van der Waals surface area contributed by atoms with Crippen LogP contribution in [-0.4, -0.2) is 16.1 Å². The number of hydrogen-bond acceptors (Lipinski definition) is 2. The van der Waals surface area contributed by atoms with Crippen LogP contribution in [0.4, 0.5) is 0 Å². The molecule has 64 valence electrons. The SMILES string of the molecule is Cn1ncc(C2CC2)c1CC=O. The number of rotatable bonds is 3. The van der Waals surface area contributed by atoms with Gasteiger partial charge in [-0.1, -0.05) is 0 Å². The van der Waals surface area contributed by atoms with Gasteiger partial charge in [0.15, 0.2) is 0 Å². The zero-order valence-corrected chi connectivity index (χ0v) is 7.16. The van der Waals surface area contributed by atoms with Crippen molar-refractivity contribution in [2.45, 2.75) is 25.2 Å². The fourth-order valence-corrected chi connectivity index (χ4v) is 1.54. The van der Waals surface area contributed by atoms with Crippen molar-refractivity contribution in [3.05, 3.63) is 17.5 Å². The summed E-state index contributed by atoms with van der Waals surface area (Å²) in [4.78, 5) is 10.4. The van der Waals surface area contributed by atoms with Gasteiger partial charge in [-0.15, -0.1) is 0 Å². The van der Waals surface area contributed by atoms with E-state index in [1.807, 2.05) is 17.9 Å². The summed E-state index contributed by atoms with van der Waals surface area (Å²) in [6, 6.07) is 0. The third-order valence-electron chi connectivity index (χ3n) is 2.39. The van der Waals surface area contributed by atoms with Gasteiger partial charge in [0.05, 0.1) is 6.20 Å². The Morgan fingerprint density at radius 2 is 2.50 bits per heavy atom. The van der Waals surface area contributed by atoms with Crippen molar-refractivity contribution < 1.29 is 4.79 Å². The number of aldehydes is 1. The second-order valence-corrected chi connectivity index (χ2v) is 3.32. The van der Waals surface area contributed by atoms with Gasteiger partial charge >= 0.3 is 0 Å².